The van der Waals surface area contributed by atoms with E-state index in [1.807, 2.05) is 0 Å². The third kappa shape index (κ3) is 5.31. The lowest BCUT2D eigenvalue weighted by molar-refractivity contribution is -0.701. The summed E-state index contributed by atoms with van der Waals surface area (Å²) in [6.07, 6.45) is -6.62. The monoisotopic (exact) mass is 599 g/mol. The van der Waals surface area contributed by atoms with Gasteiger partial charge in [0, 0.05) is 11.5 Å². The smallest absolute Gasteiger partial charge is 0.460 e. The Kier molecular flexibility index (Phi) is 9.13. The molecule has 0 unspecified atom stereocenters. The molecule has 1 aromatic heterocycles. The van der Waals surface area contributed by atoms with Crippen molar-refractivity contribution in [1.82, 2.24) is 9.78 Å². The molecule has 0 spiro atoms. The van der Waals surface area contributed by atoms with Gasteiger partial charge in [-0.1, -0.05) is 13.3 Å². The number of nitrogens with zero attached hydrogens (tertiary/aromatic N) is 3. The highest BCUT2D eigenvalue weighted by molar-refractivity contribution is 5.09. The normalized spacial score (nSPS) is 14.5. The highest BCUT2D eigenvalue weighted by atomic mass is 127. The molecule has 0 aromatic carbocycles. The fraction of sp³-hybridized carbons (Fsp3) is 0.857. The molecule has 0 aliphatic rings. The Bertz CT molecular complexity index is 715. The third-order valence-electron chi connectivity index (χ3n) is 4.05. The average Bonchev–Trinajstić information content (AvgIpc) is 3.04. The lowest BCUT2D eigenvalue weighted by Gasteiger charge is -2.39. The predicted molar refractivity (Wildman–Crippen MR) is 72.7 cm³/mol. The molecule has 184 valence electrons. The van der Waals surface area contributed by atoms with Gasteiger partial charge in [0.1, 0.15) is 6.54 Å². The number of aryl methyl sites for hydroxylation is 2. The van der Waals surface area contributed by atoms with Crippen LogP contribution in [0.1, 0.15) is 26.2 Å². The summed E-state index contributed by atoms with van der Waals surface area (Å²) in [6.45, 7) is 0.858. The summed E-state index contributed by atoms with van der Waals surface area (Å²) < 4.78 is 171. The molecular formula is C14H15F13IN3. The van der Waals surface area contributed by atoms with Crippen molar-refractivity contribution < 1.29 is 85.6 Å². The second-order valence-electron chi connectivity index (χ2n) is 6.35. The summed E-state index contributed by atoms with van der Waals surface area (Å²) in [5.41, 5.74) is 0. The van der Waals surface area contributed by atoms with Crippen LogP contribution in [-0.4, -0.2) is 45.6 Å². The molecule has 0 aliphatic heterocycles. The van der Waals surface area contributed by atoms with Crippen molar-refractivity contribution in [1.29, 1.82) is 0 Å². The zero-order chi connectivity index (χ0) is 23.8. The maximum absolute atomic E-state index is 13.7. The Labute approximate surface area is 183 Å². The Balaban J connectivity index is 0.00000900. The first kappa shape index (κ1) is 30.0. The predicted octanol–water partition coefficient (Wildman–Crippen LogP) is 2.10. The lowest BCUT2D eigenvalue weighted by atomic mass is 9.92. The van der Waals surface area contributed by atoms with Gasteiger partial charge in [0.2, 0.25) is 6.33 Å². The molecule has 1 rings (SSSR count). The molecule has 0 N–H and O–H groups in total. The minimum absolute atomic E-state index is 0. The van der Waals surface area contributed by atoms with E-state index in [1.165, 1.54) is 0 Å². The highest BCUT2D eigenvalue weighted by Gasteiger charge is 2.90. The summed E-state index contributed by atoms with van der Waals surface area (Å²) in [4.78, 5) is 0. The molecule has 1 heterocycles. The molecule has 0 amide bonds. The van der Waals surface area contributed by atoms with E-state index in [4.69, 9.17) is 0 Å². The minimum atomic E-state index is -7.87. The summed E-state index contributed by atoms with van der Waals surface area (Å²) in [5.74, 6) is -36.7. The van der Waals surface area contributed by atoms with Crippen LogP contribution in [0, 0.1) is 0 Å². The Hall–Kier alpha value is -1.04. The average molecular weight is 599 g/mol. The molecule has 1 aromatic rings. The van der Waals surface area contributed by atoms with Gasteiger partial charge in [-0.3, -0.25) is 0 Å². The van der Waals surface area contributed by atoms with E-state index < -0.39 is 48.8 Å². The van der Waals surface area contributed by atoms with E-state index in [0.717, 1.165) is 17.3 Å². The fourth-order valence-electron chi connectivity index (χ4n) is 2.14. The summed E-state index contributed by atoms with van der Waals surface area (Å²) in [7, 11) is 0. The molecule has 3 nitrogen and oxygen atoms in total. The van der Waals surface area contributed by atoms with Gasteiger partial charge in [0.15, 0.2) is 0 Å². The largest absolute Gasteiger partial charge is 1.00 e. The van der Waals surface area contributed by atoms with Crippen molar-refractivity contribution in [3.63, 3.8) is 0 Å². The fourth-order valence-corrected chi connectivity index (χ4v) is 2.14. The Morgan fingerprint density at radius 2 is 1.26 bits per heavy atom. The van der Waals surface area contributed by atoms with Crippen molar-refractivity contribution >= 4 is 0 Å². The van der Waals surface area contributed by atoms with Crippen LogP contribution in [0.4, 0.5) is 57.1 Å². The van der Waals surface area contributed by atoms with Crippen LogP contribution in [0.25, 0.3) is 0 Å². The standard InChI is InChI=1S/C14H15F13N3.HI/c1-2-3-5-30-8-29(7-28-30)6-4-9(15,16)10(17,18)11(19,20)12(21,22)13(23,24)14(25,26)27;/h7-8H,2-6H2,1H3;1H/q+1;/p-1. The topological polar surface area (TPSA) is 21.7 Å². The third-order valence-corrected chi connectivity index (χ3v) is 4.05. The maximum Gasteiger partial charge on any atom is 0.460 e. The highest BCUT2D eigenvalue weighted by Crippen LogP contribution is 2.60. The van der Waals surface area contributed by atoms with Gasteiger partial charge in [-0.05, 0) is 6.42 Å². The van der Waals surface area contributed by atoms with Gasteiger partial charge in [-0.2, -0.15) is 57.1 Å². The second kappa shape index (κ2) is 9.44. The van der Waals surface area contributed by atoms with Gasteiger partial charge in [-0.15, -0.1) is 4.68 Å². The van der Waals surface area contributed by atoms with Gasteiger partial charge in [-0.25, -0.2) is 4.57 Å². The van der Waals surface area contributed by atoms with Gasteiger partial charge >= 0.3 is 35.8 Å². The van der Waals surface area contributed by atoms with E-state index in [0.29, 0.717) is 17.4 Å². The van der Waals surface area contributed by atoms with Crippen LogP contribution >= 0.6 is 0 Å². The molecule has 0 saturated heterocycles. The molecule has 0 bridgehead atoms. The number of hydrogen-bond donors (Lipinski definition) is 0. The molecule has 0 atom stereocenters. The first-order chi connectivity index (χ1) is 13.3. The number of alkyl halides is 13. The van der Waals surface area contributed by atoms with E-state index in [2.05, 4.69) is 5.10 Å². The van der Waals surface area contributed by atoms with E-state index in [1.54, 1.807) is 6.92 Å². The zero-order valence-electron chi connectivity index (χ0n) is 15.3. The quantitative estimate of drug-likeness (QED) is 0.230. The number of aromatic nitrogens is 3. The molecule has 0 fully saturated rings. The first-order valence-electron chi connectivity index (χ1n) is 8.13. The van der Waals surface area contributed by atoms with Crippen molar-refractivity contribution in [3.05, 3.63) is 12.7 Å². The summed E-state index contributed by atoms with van der Waals surface area (Å²) in [5, 5.41) is 3.62. The molecule has 17 heteroatoms. The SMILES string of the molecule is CCCCn1c[n+](CCC(F)(F)C(F)(F)C(F)(F)C(F)(F)C(F)(F)C(F)(F)F)cn1.[I-]. The molecule has 0 aliphatic carbocycles. The van der Waals surface area contributed by atoms with E-state index >= 15 is 0 Å². The Morgan fingerprint density at radius 3 is 1.71 bits per heavy atom. The van der Waals surface area contributed by atoms with Gasteiger partial charge < -0.3 is 24.0 Å². The number of halogens is 14. The van der Waals surface area contributed by atoms with Crippen LogP contribution in [0.3, 0.4) is 0 Å². The number of unbranched alkanes of at least 4 members (excludes halogenated alkanes) is 1. The summed E-state index contributed by atoms with van der Waals surface area (Å²) in [6, 6.07) is 0. The van der Waals surface area contributed by atoms with Crippen molar-refractivity contribution in [2.45, 2.75) is 75.1 Å². The van der Waals surface area contributed by atoms with Crippen LogP contribution < -0.4 is 28.5 Å². The second-order valence-corrected chi connectivity index (χ2v) is 6.35. The number of hydrogen-bond acceptors (Lipinski definition) is 1. The van der Waals surface area contributed by atoms with Crippen LogP contribution in [-0.2, 0) is 13.1 Å². The van der Waals surface area contributed by atoms with Crippen molar-refractivity contribution in [2.75, 3.05) is 0 Å². The van der Waals surface area contributed by atoms with Crippen molar-refractivity contribution in [2.24, 2.45) is 0 Å². The molecule has 0 saturated carbocycles. The molecule has 31 heavy (non-hydrogen) atoms. The van der Waals surface area contributed by atoms with Crippen LogP contribution in [0.2, 0.25) is 0 Å². The molecule has 0 radical (unpaired) electrons. The summed E-state index contributed by atoms with van der Waals surface area (Å²) >= 11 is 0. The maximum atomic E-state index is 13.7. The van der Waals surface area contributed by atoms with E-state index in [-0.39, 0.29) is 30.5 Å². The van der Waals surface area contributed by atoms with Crippen LogP contribution in [0.15, 0.2) is 12.7 Å². The molecular weight excluding hydrogens is 584 g/mol. The van der Waals surface area contributed by atoms with E-state index in [9.17, 15) is 57.1 Å². The van der Waals surface area contributed by atoms with Crippen molar-refractivity contribution in [3.8, 4) is 0 Å². The Morgan fingerprint density at radius 1 is 0.774 bits per heavy atom. The first-order valence-corrected chi connectivity index (χ1v) is 8.13. The van der Waals surface area contributed by atoms with Gasteiger partial charge in [0.25, 0.3) is 6.33 Å². The zero-order valence-corrected chi connectivity index (χ0v) is 17.5. The van der Waals surface area contributed by atoms with Gasteiger partial charge in [0.05, 0.1) is 6.54 Å². The minimum Gasteiger partial charge on any atom is -1.00 e. The number of rotatable bonds is 10. The lowest BCUT2D eigenvalue weighted by Crippen LogP contribution is -3.00. The van der Waals surface area contributed by atoms with Crippen LogP contribution in [0.5, 0.6) is 0 Å².